The minimum atomic E-state index is -0.150. The number of rotatable bonds is 12. The summed E-state index contributed by atoms with van der Waals surface area (Å²) in [7, 11) is 0. The van der Waals surface area contributed by atoms with Gasteiger partial charge < -0.3 is 24.8 Å². The van der Waals surface area contributed by atoms with E-state index in [1.54, 1.807) is 12.1 Å². The SMILES string of the molecule is C=C(C)COc1ccc(NC(=O)CNc2cccc(OCCOc3ccccc3)c2)cc1. The second-order valence-corrected chi connectivity index (χ2v) is 7.21. The van der Waals surface area contributed by atoms with Gasteiger partial charge in [-0.05, 0) is 61.0 Å². The number of ether oxygens (including phenoxy) is 3. The fourth-order valence-electron chi connectivity index (χ4n) is 2.76. The maximum absolute atomic E-state index is 12.3. The Kier molecular flexibility index (Phi) is 8.57. The molecular formula is C26H28N2O4. The van der Waals surface area contributed by atoms with Crippen LogP contribution in [-0.4, -0.2) is 32.3 Å². The fourth-order valence-corrected chi connectivity index (χ4v) is 2.76. The van der Waals surface area contributed by atoms with Gasteiger partial charge in [0.1, 0.15) is 37.1 Å². The van der Waals surface area contributed by atoms with Crippen molar-refractivity contribution in [1.82, 2.24) is 0 Å². The molecule has 0 unspecified atom stereocenters. The highest BCUT2D eigenvalue weighted by molar-refractivity contribution is 5.93. The van der Waals surface area contributed by atoms with E-state index in [-0.39, 0.29) is 12.5 Å². The van der Waals surface area contributed by atoms with Gasteiger partial charge in [-0.3, -0.25) is 4.79 Å². The number of para-hydroxylation sites is 1. The summed E-state index contributed by atoms with van der Waals surface area (Å²) < 4.78 is 16.9. The molecule has 1 amide bonds. The van der Waals surface area contributed by atoms with E-state index in [4.69, 9.17) is 14.2 Å². The number of nitrogens with one attached hydrogen (secondary N) is 2. The Labute approximate surface area is 188 Å². The number of hydrogen-bond donors (Lipinski definition) is 2. The van der Waals surface area contributed by atoms with Gasteiger partial charge in [0.2, 0.25) is 5.91 Å². The van der Waals surface area contributed by atoms with Crippen LogP contribution in [0.5, 0.6) is 17.2 Å². The topological polar surface area (TPSA) is 68.8 Å². The molecular weight excluding hydrogens is 404 g/mol. The van der Waals surface area contributed by atoms with Crippen LogP contribution in [0.25, 0.3) is 0 Å². The van der Waals surface area contributed by atoms with Gasteiger partial charge in [0, 0.05) is 17.4 Å². The van der Waals surface area contributed by atoms with Crippen LogP contribution < -0.4 is 24.8 Å². The van der Waals surface area contributed by atoms with Gasteiger partial charge in [0.15, 0.2) is 0 Å². The predicted molar refractivity (Wildman–Crippen MR) is 128 cm³/mol. The Hall–Kier alpha value is -3.93. The smallest absolute Gasteiger partial charge is 0.243 e. The van der Waals surface area contributed by atoms with Crippen molar-refractivity contribution >= 4 is 17.3 Å². The number of anilines is 2. The van der Waals surface area contributed by atoms with E-state index in [1.165, 1.54) is 0 Å². The summed E-state index contributed by atoms with van der Waals surface area (Å²) in [5.41, 5.74) is 2.45. The van der Waals surface area contributed by atoms with E-state index in [0.717, 1.165) is 22.8 Å². The Balaban J connectivity index is 1.39. The molecule has 6 nitrogen and oxygen atoms in total. The molecule has 0 saturated carbocycles. The minimum Gasteiger partial charge on any atom is -0.490 e. The molecule has 0 spiro atoms. The average Bonchev–Trinajstić information content (AvgIpc) is 2.81. The van der Waals surface area contributed by atoms with Gasteiger partial charge in [-0.15, -0.1) is 0 Å². The highest BCUT2D eigenvalue weighted by atomic mass is 16.5. The summed E-state index contributed by atoms with van der Waals surface area (Å²) in [6.07, 6.45) is 0. The zero-order valence-electron chi connectivity index (χ0n) is 18.2. The third-order valence-electron chi connectivity index (χ3n) is 4.27. The number of benzene rings is 3. The van der Waals surface area contributed by atoms with Crippen LogP contribution in [0.15, 0.2) is 91.0 Å². The molecule has 0 aliphatic carbocycles. The molecule has 32 heavy (non-hydrogen) atoms. The Morgan fingerprint density at radius 3 is 2.16 bits per heavy atom. The Bertz CT molecular complexity index is 1000. The van der Waals surface area contributed by atoms with E-state index in [0.29, 0.717) is 31.3 Å². The lowest BCUT2D eigenvalue weighted by Crippen LogP contribution is -2.21. The Morgan fingerprint density at radius 2 is 1.44 bits per heavy atom. The highest BCUT2D eigenvalue weighted by Crippen LogP contribution is 2.18. The summed E-state index contributed by atoms with van der Waals surface area (Å²) in [5, 5.41) is 5.96. The third-order valence-corrected chi connectivity index (χ3v) is 4.27. The van der Waals surface area contributed by atoms with E-state index in [2.05, 4.69) is 17.2 Å². The fraction of sp³-hybridized carbons (Fsp3) is 0.192. The van der Waals surface area contributed by atoms with Crippen molar-refractivity contribution in [3.63, 3.8) is 0 Å². The molecule has 6 heteroatoms. The lowest BCUT2D eigenvalue weighted by molar-refractivity contribution is -0.114. The molecule has 2 N–H and O–H groups in total. The van der Waals surface area contributed by atoms with Crippen molar-refractivity contribution < 1.29 is 19.0 Å². The predicted octanol–water partition coefficient (Wildman–Crippen LogP) is 5.15. The van der Waals surface area contributed by atoms with Crippen molar-refractivity contribution in [2.45, 2.75) is 6.92 Å². The molecule has 0 aliphatic heterocycles. The molecule has 0 saturated heterocycles. The first-order chi connectivity index (χ1) is 15.6. The number of amides is 1. The van der Waals surface area contributed by atoms with Crippen LogP contribution in [-0.2, 0) is 4.79 Å². The monoisotopic (exact) mass is 432 g/mol. The summed E-state index contributed by atoms with van der Waals surface area (Å²) >= 11 is 0. The van der Waals surface area contributed by atoms with Gasteiger partial charge in [-0.2, -0.15) is 0 Å². The van der Waals surface area contributed by atoms with Crippen molar-refractivity contribution in [1.29, 1.82) is 0 Å². The molecule has 0 aliphatic rings. The van der Waals surface area contributed by atoms with Crippen LogP contribution in [0.2, 0.25) is 0 Å². The largest absolute Gasteiger partial charge is 0.490 e. The molecule has 0 aromatic heterocycles. The van der Waals surface area contributed by atoms with E-state index in [1.807, 2.05) is 73.7 Å². The minimum absolute atomic E-state index is 0.133. The highest BCUT2D eigenvalue weighted by Gasteiger charge is 2.04. The molecule has 0 heterocycles. The number of carbonyl (C=O) groups excluding carboxylic acids is 1. The van der Waals surface area contributed by atoms with Gasteiger partial charge in [0.05, 0.1) is 6.54 Å². The normalized spacial score (nSPS) is 10.2. The van der Waals surface area contributed by atoms with Crippen molar-refractivity contribution in [2.24, 2.45) is 0 Å². The molecule has 0 bridgehead atoms. The molecule has 3 rings (SSSR count). The van der Waals surface area contributed by atoms with Crippen molar-refractivity contribution in [3.8, 4) is 17.2 Å². The third kappa shape index (κ3) is 8.07. The van der Waals surface area contributed by atoms with E-state index in [9.17, 15) is 4.79 Å². The van der Waals surface area contributed by atoms with Gasteiger partial charge in [0.25, 0.3) is 0 Å². The van der Waals surface area contributed by atoms with Gasteiger partial charge >= 0.3 is 0 Å². The number of carbonyl (C=O) groups is 1. The molecule has 0 fully saturated rings. The molecule has 0 radical (unpaired) electrons. The quantitative estimate of drug-likeness (QED) is 0.306. The molecule has 166 valence electrons. The van der Waals surface area contributed by atoms with Gasteiger partial charge in [-0.25, -0.2) is 0 Å². The Morgan fingerprint density at radius 1 is 0.781 bits per heavy atom. The van der Waals surface area contributed by atoms with Crippen LogP contribution in [0, 0.1) is 0 Å². The first-order valence-electron chi connectivity index (χ1n) is 10.4. The molecule has 3 aromatic carbocycles. The van der Waals surface area contributed by atoms with Crippen LogP contribution in [0.1, 0.15) is 6.92 Å². The maximum Gasteiger partial charge on any atom is 0.243 e. The van der Waals surface area contributed by atoms with Gasteiger partial charge in [-0.1, -0.05) is 30.8 Å². The van der Waals surface area contributed by atoms with E-state index < -0.39 is 0 Å². The molecule has 0 atom stereocenters. The maximum atomic E-state index is 12.3. The summed E-state index contributed by atoms with van der Waals surface area (Å²) in [6.45, 7) is 7.18. The summed E-state index contributed by atoms with van der Waals surface area (Å²) in [4.78, 5) is 12.3. The van der Waals surface area contributed by atoms with Crippen molar-refractivity contribution in [3.05, 3.63) is 91.0 Å². The van der Waals surface area contributed by atoms with Crippen LogP contribution in [0.3, 0.4) is 0 Å². The first-order valence-corrected chi connectivity index (χ1v) is 10.4. The van der Waals surface area contributed by atoms with Crippen LogP contribution in [0.4, 0.5) is 11.4 Å². The standard InChI is InChI=1S/C26H28N2O4/c1-20(2)19-32-24-13-11-21(12-14-24)28-26(29)18-27-22-7-6-10-25(17-22)31-16-15-30-23-8-4-3-5-9-23/h3-14,17,27H,1,15-16,18-19H2,2H3,(H,28,29). The second kappa shape index (κ2) is 12.1. The summed E-state index contributed by atoms with van der Waals surface area (Å²) in [5.74, 6) is 2.10. The second-order valence-electron chi connectivity index (χ2n) is 7.21. The molecule has 3 aromatic rings. The lowest BCUT2D eigenvalue weighted by atomic mass is 10.3. The van der Waals surface area contributed by atoms with Crippen molar-refractivity contribution in [2.75, 3.05) is 37.0 Å². The van der Waals surface area contributed by atoms with E-state index >= 15 is 0 Å². The average molecular weight is 433 g/mol. The lowest BCUT2D eigenvalue weighted by Gasteiger charge is -2.11. The van der Waals surface area contributed by atoms with Crippen LogP contribution >= 0.6 is 0 Å². The zero-order valence-corrected chi connectivity index (χ0v) is 18.2. The number of hydrogen-bond acceptors (Lipinski definition) is 5. The summed E-state index contributed by atoms with van der Waals surface area (Å²) in [6, 6.07) is 24.3. The zero-order chi connectivity index (χ0) is 22.6. The first kappa shape index (κ1) is 22.7.